The zero-order valence-electron chi connectivity index (χ0n) is 11.9. The Kier molecular flexibility index (Phi) is 4.53. The van der Waals surface area contributed by atoms with Crippen LogP contribution in [0, 0.1) is 0 Å². The van der Waals surface area contributed by atoms with Crippen LogP contribution < -0.4 is 5.32 Å². The Morgan fingerprint density at radius 2 is 2.05 bits per heavy atom. The van der Waals surface area contributed by atoms with E-state index < -0.39 is 0 Å². The van der Waals surface area contributed by atoms with Crippen LogP contribution in [0.15, 0.2) is 24.4 Å². The van der Waals surface area contributed by atoms with Crippen LogP contribution in [0.3, 0.4) is 0 Å². The van der Waals surface area contributed by atoms with Crippen molar-refractivity contribution in [3.8, 4) is 0 Å². The van der Waals surface area contributed by atoms with E-state index in [1.165, 1.54) is 19.3 Å². The van der Waals surface area contributed by atoms with Crippen LogP contribution in [0.1, 0.15) is 42.6 Å². The van der Waals surface area contributed by atoms with Crippen molar-refractivity contribution in [3.63, 3.8) is 0 Å². The van der Waals surface area contributed by atoms with Crippen LogP contribution in [-0.4, -0.2) is 42.0 Å². The lowest BCUT2D eigenvalue weighted by Gasteiger charge is -2.43. The third kappa shape index (κ3) is 3.32. The van der Waals surface area contributed by atoms with Crippen molar-refractivity contribution in [2.45, 2.75) is 37.6 Å². The van der Waals surface area contributed by atoms with Gasteiger partial charge in [-0.05, 0) is 39.1 Å². The minimum Gasteiger partial charge on any atom is -0.349 e. The number of carbonyl (C=O) groups is 1. The van der Waals surface area contributed by atoms with Crippen molar-refractivity contribution >= 4 is 5.91 Å². The Morgan fingerprint density at radius 1 is 1.32 bits per heavy atom. The van der Waals surface area contributed by atoms with Crippen molar-refractivity contribution < 1.29 is 4.79 Å². The molecule has 1 saturated carbocycles. The standard InChI is InChI=1S/C15H23N3O/c1-18(2)15(9-5-3-6-10-15)12-17-14(19)13-8-4-7-11-16-13/h4,7-8,11H,3,5-6,9-10,12H2,1-2H3,(H,17,19). The smallest absolute Gasteiger partial charge is 0.269 e. The molecule has 1 aliphatic carbocycles. The second-order valence-electron chi connectivity index (χ2n) is 5.58. The van der Waals surface area contributed by atoms with Crippen molar-refractivity contribution in [1.82, 2.24) is 15.2 Å². The van der Waals surface area contributed by atoms with Crippen molar-refractivity contribution in [2.75, 3.05) is 20.6 Å². The summed E-state index contributed by atoms with van der Waals surface area (Å²) in [5.74, 6) is -0.0765. The molecule has 1 amide bonds. The lowest BCUT2D eigenvalue weighted by Crippen LogP contribution is -2.53. The van der Waals surface area contributed by atoms with E-state index in [1.807, 2.05) is 12.1 Å². The molecule has 1 aromatic heterocycles. The molecule has 0 radical (unpaired) electrons. The first-order valence-corrected chi connectivity index (χ1v) is 7.01. The number of hydrogen-bond acceptors (Lipinski definition) is 3. The monoisotopic (exact) mass is 261 g/mol. The first-order chi connectivity index (χ1) is 9.14. The Balaban J connectivity index is 1.98. The van der Waals surface area contributed by atoms with Gasteiger partial charge in [-0.2, -0.15) is 0 Å². The van der Waals surface area contributed by atoms with Gasteiger partial charge in [0.25, 0.3) is 5.91 Å². The van der Waals surface area contributed by atoms with E-state index in [1.54, 1.807) is 12.3 Å². The summed E-state index contributed by atoms with van der Waals surface area (Å²) in [5, 5.41) is 3.05. The minimum atomic E-state index is -0.0765. The maximum Gasteiger partial charge on any atom is 0.269 e. The number of aromatic nitrogens is 1. The normalized spacial score (nSPS) is 18.3. The number of carbonyl (C=O) groups excluding carboxylic acids is 1. The Labute approximate surface area is 115 Å². The molecule has 1 heterocycles. The molecule has 0 spiro atoms. The van der Waals surface area contributed by atoms with Gasteiger partial charge in [0.1, 0.15) is 5.69 Å². The molecule has 1 aliphatic rings. The van der Waals surface area contributed by atoms with E-state index in [4.69, 9.17) is 0 Å². The number of nitrogens with zero attached hydrogens (tertiary/aromatic N) is 2. The van der Waals surface area contributed by atoms with Crippen LogP contribution in [-0.2, 0) is 0 Å². The van der Waals surface area contributed by atoms with Gasteiger partial charge in [-0.15, -0.1) is 0 Å². The minimum absolute atomic E-state index is 0.0765. The van der Waals surface area contributed by atoms with Gasteiger partial charge < -0.3 is 10.2 Å². The third-order valence-corrected chi connectivity index (χ3v) is 4.21. The summed E-state index contributed by atoms with van der Waals surface area (Å²) >= 11 is 0. The Bertz CT molecular complexity index is 411. The molecule has 0 unspecified atom stereocenters. The van der Waals surface area contributed by atoms with Crippen molar-refractivity contribution in [3.05, 3.63) is 30.1 Å². The predicted molar refractivity (Wildman–Crippen MR) is 76.1 cm³/mol. The molecule has 104 valence electrons. The van der Waals surface area contributed by atoms with Gasteiger partial charge in [0.05, 0.1) is 0 Å². The molecule has 2 rings (SSSR count). The second kappa shape index (κ2) is 6.15. The summed E-state index contributed by atoms with van der Waals surface area (Å²) in [4.78, 5) is 18.4. The summed E-state index contributed by atoms with van der Waals surface area (Å²) in [5.41, 5.74) is 0.607. The first kappa shape index (κ1) is 14.0. The van der Waals surface area contributed by atoms with E-state index in [9.17, 15) is 4.79 Å². The van der Waals surface area contributed by atoms with Gasteiger partial charge in [0.15, 0.2) is 0 Å². The summed E-state index contributed by atoms with van der Waals surface area (Å²) in [7, 11) is 4.22. The second-order valence-corrected chi connectivity index (χ2v) is 5.58. The SMILES string of the molecule is CN(C)C1(CNC(=O)c2ccccn2)CCCCC1. The fourth-order valence-electron chi connectivity index (χ4n) is 2.82. The topological polar surface area (TPSA) is 45.2 Å². The van der Waals surface area contributed by atoms with Gasteiger partial charge in [0, 0.05) is 18.3 Å². The molecule has 0 aliphatic heterocycles. The molecule has 0 atom stereocenters. The number of likely N-dealkylation sites (N-methyl/N-ethyl adjacent to an activating group) is 1. The van der Waals surface area contributed by atoms with E-state index in [-0.39, 0.29) is 11.4 Å². The van der Waals surface area contributed by atoms with Crippen LogP contribution in [0.25, 0.3) is 0 Å². The number of pyridine rings is 1. The fraction of sp³-hybridized carbons (Fsp3) is 0.600. The van der Waals surface area contributed by atoms with E-state index in [0.29, 0.717) is 12.2 Å². The van der Waals surface area contributed by atoms with Crippen LogP contribution in [0.2, 0.25) is 0 Å². The lowest BCUT2D eigenvalue weighted by atomic mass is 9.80. The molecule has 4 nitrogen and oxygen atoms in total. The highest BCUT2D eigenvalue weighted by Crippen LogP contribution is 2.31. The van der Waals surface area contributed by atoms with Crippen molar-refractivity contribution in [2.24, 2.45) is 0 Å². The van der Waals surface area contributed by atoms with Gasteiger partial charge in [-0.1, -0.05) is 25.3 Å². The molecule has 1 N–H and O–H groups in total. The summed E-state index contributed by atoms with van der Waals surface area (Å²) < 4.78 is 0. The average molecular weight is 261 g/mol. The Hall–Kier alpha value is -1.42. The van der Waals surface area contributed by atoms with Gasteiger partial charge in [-0.25, -0.2) is 0 Å². The highest BCUT2D eigenvalue weighted by atomic mass is 16.1. The lowest BCUT2D eigenvalue weighted by molar-refractivity contribution is 0.0796. The molecule has 0 saturated heterocycles. The van der Waals surface area contributed by atoms with E-state index in [2.05, 4.69) is 29.3 Å². The third-order valence-electron chi connectivity index (χ3n) is 4.21. The fourth-order valence-corrected chi connectivity index (χ4v) is 2.82. The van der Waals surface area contributed by atoms with Crippen LogP contribution in [0.5, 0.6) is 0 Å². The summed E-state index contributed by atoms with van der Waals surface area (Å²) in [6.07, 6.45) is 7.77. The maximum absolute atomic E-state index is 12.1. The highest BCUT2D eigenvalue weighted by Gasteiger charge is 2.34. The molecule has 1 aromatic rings. The Morgan fingerprint density at radius 3 is 2.63 bits per heavy atom. The molecule has 4 heteroatoms. The van der Waals surface area contributed by atoms with E-state index in [0.717, 1.165) is 12.8 Å². The summed E-state index contributed by atoms with van der Waals surface area (Å²) in [6.45, 7) is 0.704. The highest BCUT2D eigenvalue weighted by molar-refractivity contribution is 5.92. The number of amides is 1. The average Bonchev–Trinajstić information content (AvgIpc) is 2.46. The number of hydrogen-bond donors (Lipinski definition) is 1. The molecular formula is C15H23N3O. The molecule has 0 bridgehead atoms. The zero-order chi connectivity index (χ0) is 13.7. The maximum atomic E-state index is 12.1. The first-order valence-electron chi connectivity index (χ1n) is 7.01. The number of rotatable bonds is 4. The number of nitrogens with one attached hydrogen (secondary N) is 1. The van der Waals surface area contributed by atoms with E-state index >= 15 is 0 Å². The van der Waals surface area contributed by atoms with Gasteiger partial charge >= 0.3 is 0 Å². The molecule has 0 aromatic carbocycles. The molecular weight excluding hydrogens is 238 g/mol. The summed E-state index contributed by atoms with van der Waals surface area (Å²) in [6, 6.07) is 5.40. The predicted octanol–water partition coefficient (Wildman–Crippen LogP) is 2.08. The van der Waals surface area contributed by atoms with Gasteiger partial charge in [-0.3, -0.25) is 9.78 Å². The molecule has 19 heavy (non-hydrogen) atoms. The molecule has 1 fully saturated rings. The van der Waals surface area contributed by atoms with Crippen LogP contribution in [0.4, 0.5) is 0 Å². The van der Waals surface area contributed by atoms with Crippen molar-refractivity contribution in [1.29, 1.82) is 0 Å². The quantitative estimate of drug-likeness (QED) is 0.902. The van der Waals surface area contributed by atoms with Gasteiger partial charge in [0.2, 0.25) is 0 Å². The zero-order valence-corrected chi connectivity index (χ0v) is 11.9. The largest absolute Gasteiger partial charge is 0.349 e. The van der Waals surface area contributed by atoms with Crippen LogP contribution >= 0.6 is 0 Å².